The third-order valence-electron chi connectivity index (χ3n) is 3.84. The van der Waals surface area contributed by atoms with Crippen LogP contribution < -0.4 is 5.73 Å². The zero-order valence-electron chi connectivity index (χ0n) is 11.5. The number of anilines is 1. The highest BCUT2D eigenvalue weighted by molar-refractivity contribution is 6.10. The summed E-state index contributed by atoms with van der Waals surface area (Å²) in [5, 5.41) is 2.11. The first-order chi connectivity index (χ1) is 10.3. The van der Waals surface area contributed by atoms with Gasteiger partial charge in [-0.3, -0.25) is 0 Å². The van der Waals surface area contributed by atoms with Gasteiger partial charge in [0.25, 0.3) is 0 Å². The van der Waals surface area contributed by atoms with Crippen LogP contribution in [-0.4, -0.2) is 0 Å². The Morgan fingerprint density at radius 3 is 2.48 bits per heavy atom. The highest BCUT2D eigenvalue weighted by atomic mass is 16.3. The lowest BCUT2D eigenvalue weighted by Crippen LogP contribution is -1.88. The molecule has 0 aliphatic rings. The molecule has 1 heterocycles. The van der Waals surface area contributed by atoms with E-state index in [4.69, 9.17) is 10.2 Å². The van der Waals surface area contributed by atoms with Crippen LogP contribution in [0.1, 0.15) is 11.1 Å². The van der Waals surface area contributed by atoms with Gasteiger partial charge in [0.15, 0.2) is 0 Å². The molecule has 0 aliphatic heterocycles. The molecule has 0 fully saturated rings. The predicted molar refractivity (Wildman–Crippen MR) is 87.4 cm³/mol. The van der Waals surface area contributed by atoms with E-state index in [-0.39, 0.29) is 0 Å². The van der Waals surface area contributed by atoms with Crippen molar-refractivity contribution < 1.29 is 4.42 Å². The molecule has 0 unspecified atom stereocenters. The van der Waals surface area contributed by atoms with E-state index in [0.717, 1.165) is 34.0 Å². The Morgan fingerprint density at radius 1 is 0.762 bits per heavy atom. The van der Waals surface area contributed by atoms with Crippen LogP contribution in [0.2, 0.25) is 0 Å². The summed E-state index contributed by atoms with van der Waals surface area (Å²) in [5.74, 6) is 0. The van der Waals surface area contributed by atoms with Gasteiger partial charge in [-0.1, -0.05) is 42.5 Å². The Hall–Kier alpha value is -2.74. The second-order valence-electron chi connectivity index (χ2n) is 5.32. The molecule has 0 saturated heterocycles. The molecule has 0 amide bonds. The summed E-state index contributed by atoms with van der Waals surface area (Å²) >= 11 is 0. The summed E-state index contributed by atoms with van der Waals surface area (Å²) in [4.78, 5) is 0. The molecule has 4 aromatic rings. The number of nitrogen functional groups attached to an aromatic ring is 1. The lowest BCUT2D eigenvalue weighted by atomic mass is 10.0. The summed E-state index contributed by atoms with van der Waals surface area (Å²) in [6.07, 6.45) is 0.913. The minimum atomic E-state index is 0.767. The molecule has 21 heavy (non-hydrogen) atoms. The average Bonchev–Trinajstić information content (AvgIpc) is 2.87. The molecule has 102 valence electrons. The molecule has 0 radical (unpaired) electrons. The molecule has 3 aromatic carbocycles. The fourth-order valence-electron chi connectivity index (χ4n) is 2.84. The van der Waals surface area contributed by atoms with Gasteiger partial charge < -0.3 is 10.2 Å². The van der Waals surface area contributed by atoms with Gasteiger partial charge >= 0.3 is 0 Å². The van der Waals surface area contributed by atoms with Crippen molar-refractivity contribution in [1.82, 2.24) is 0 Å². The monoisotopic (exact) mass is 273 g/mol. The van der Waals surface area contributed by atoms with E-state index in [2.05, 4.69) is 36.4 Å². The van der Waals surface area contributed by atoms with E-state index in [0.29, 0.717) is 0 Å². The average molecular weight is 273 g/mol. The minimum Gasteiger partial charge on any atom is -0.456 e. The molecule has 0 bridgehead atoms. The van der Waals surface area contributed by atoms with Crippen LogP contribution in [0.15, 0.2) is 71.1 Å². The third-order valence-corrected chi connectivity index (χ3v) is 3.84. The summed E-state index contributed by atoms with van der Waals surface area (Å²) < 4.78 is 5.86. The summed E-state index contributed by atoms with van der Waals surface area (Å²) in [7, 11) is 0. The largest absolute Gasteiger partial charge is 0.456 e. The van der Waals surface area contributed by atoms with Gasteiger partial charge in [-0.15, -0.1) is 0 Å². The maximum atomic E-state index is 6.11. The number of rotatable bonds is 2. The standard InChI is InChI=1S/C19H15NO/c20-16-7-4-8-18-19(16)15-12-14(9-10-17(15)21-18)11-13-5-2-1-3-6-13/h1-10,12H,11,20H2. The number of fused-ring (bicyclic) bond motifs is 3. The molecular formula is C19H15NO. The van der Waals surface area contributed by atoms with Crippen LogP contribution in [0.5, 0.6) is 0 Å². The van der Waals surface area contributed by atoms with Gasteiger partial charge in [0.2, 0.25) is 0 Å². The van der Waals surface area contributed by atoms with Gasteiger partial charge in [-0.25, -0.2) is 0 Å². The van der Waals surface area contributed by atoms with Crippen molar-refractivity contribution in [1.29, 1.82) is 0 Å². The third kappa shape index (κ3) is 2.05. The predicted octanol–water partition coefficient (Wildman–Crippen LogP) is 4.76. The first-order valence-electron chi connectivity index (χ1n) is 7.05. The Bertz CT molecular complexity index is 922. The highest BCUT2D eigenvalue weighted by Crippen LogP contribution is 2.33. The Balaban J connectivity index is 1.87. The van der Waals surface area contributed by atoms with E-state index < -0.39 is 0 Å². The van der Waals surface area contributed by atoms with Crippen LogP contribution in [0.4, 0.5) is 5.69 Å². The quantitative estimate of drug-likeness (QED) is 0.535. The topological polar surface area (TPSA) is 39.2 Å². The summed E-state index contributed by atoms with van der Waals surface area (Å²) in [6, 6.07) is 22.6. The van der Waals surface area contributed by atoms with Crippen molar-refractivity contribution in [3.8, 4) is 0 Å². The maximum absolute atomic E-state index is 6.11. The molecule has 0 aliphatic carbocycles. The van der Waals surface area contributed by atoms with E-state index in [1.165, 1.54) is 11.1 Å². The summed E-state index contributed by atoms with van der Waals surface area (Å²) in [6.45, 7) is 0. The molecule has 2 heteroatoms. The van der Waals surface area contributed by atoms with Gasteiger partial charge in [-0.05, 0) is 41.8 Å². The lowest BCUT2D eigenvalue weighted by molar-refractivity contribution is 0.669. The van der Waals surface area contributed by atoms with Crippen LogP contribution in [0.3, 0.4) is 0 Å². The maximum Gasteiger partial charge on any atom is 0.137 e. The number of hydrogen-bond acceptors (Lipinski definition) is 2. The fraction of sp³-hybridized carbons (Fsp3) is 0.0526. The first-order valence-corrected chi connectivity index (χ1v) is 7.05. The number of hydrogen-bond donors (Lipinski definition) is 1. The lowest BCUT2D eigenvalue weighted by Gasteiger charge is -2.02. The normalized spacial score (nSPS) is 11.2. The van der Waals surface area contributed by atoms with Crippen molar-refractivity contribution in [2.45, 2.75) is 6.42 Å². The Labute approximate surface area is 122 Å². The van der Waals surface area contributed by atoms with Gasteiger partial charge in [0.05, 0.1) is 5.39 Å². The molecular weight excluding hydrogens is 258 g/mol. The van der Waals surface area contributed by atoms with E-state index >= 15 is 0 Å². The van der Waals surface area contributed by atoms with Crippen molar-refractivity contribution >= 4 is 27.6 Å². The van der Waals surface area contributed by atoms with Gasteiger partial charge in [0.1, 0.15) is 11.2 Å². The highest BCUT2D eigenvalue weighted by Gasteiger charge is 2.10. The smallest absolute Gasteiger partial charge is 0.137 e. The van der Waals surface area contributed by atoms with Crippen molar-refractivity contribution in [2.75, 3.05) is 5.73 Å². The molecule has 2 nitrogen and oxygen atoms in total. The molecule has 0 atom stereocenters. The van der Waals surface area contributed by atoms with Crippen molar-refractivity contribution in [3.05, 3.63) is 77.9 Å². The fourth-order valence-corrected chi connectivity index (χ4v) is 2.84. The van der Waals surface area contributed by atoms with Crippen LogP contribution >= 0.6 is 0 Å². The first kappa shape index (κ1) is 12.0. The second-order valence-corrected chi connectivity index (χ2v) is 5.32. The zero-order valence-corrected chi connectivity index (χ0v) is 11.5. The molecule has 0 saturated carbocycles. The second kappa shape index (κ2) is 4.67. The van der Waals surface area contributed by atoms with Gasteiger partial charge in [-0.2, -0.15) is 0 Å². The van der Waals surface area contributed by atoms with Crippen molar-refractivity contribution in [2.24, 2.45) is 0 Å². The minimum absolute atomic E-state index is 0.767. The Morgan fingerprint density at radius 2 is 1.62 bits per heavy atom. The molecule has 1 aromatic heterocycles. The summed E-state index contributed by atoms with van der Waals surface area (Å²) in [5.41, 5.74) is 11.2. The SMILES string of the molecule is Nc1cccc2oc3ccc(Cc4ccccc4)cc3c12. The van der Waals surface area contributed by atoms with Crippen LogP contribution in [0.25, 0.3) is 21.9 Å². The number of furan rings is 1. The molecule has 0 spiro atoms. The van der Waals surface area contributed by atoms with E-state index in [9.17, 15) is 0 Å². The van der Waals surface area contributed by atoms with E-state index in [1.807, 2.05) is 30.3 Å². The number of benzene rings is 3. The Kier molecular flexibility index (Phi) is 2.68. The van der Waals surface area contributed by atoms with E-state index in [1.54, 1.807) is 0 Å². The zero-order chi connectivity index (χ0) is 14.2. The molecule has 2 N–H and O–H groups in total. The van der Waals surface area contributed by atoms with Crippen LogP contribution in [0, 0.1) is 0 Å². The molecule has 4 rings (SSSR count). The van der Waals surface area contributed by atoms with Crippen LogP contribution in [-0.2, 0) is 6.42 Å². The van der Waals surface area contributed by atoms with Crippen molar-refractivity contribution in [3.63, 3.8) is 0 Å². The number of nitrogens with two attached hydrogens (primary N) is 1. The van der Waals surface area contributed by atoms with Gasteiger partial charge in [0, 0.05) is 11.1 Å².